The van der Waals surface area contributed by atoms with Crippen molar-refractivity contribution in [3.63, 3.8) is 0 Å². The summed E-state index contributed by atoms with van der Waals surface area (Å²) in [5, 5.41) is 3.07. The summed E-state index contributed by atoms with van der Waals surface area (Å²) in [6, 6.07) is 7.54. The maximum Gasteiger partial charge on any atom is 0.226 e. The molecule has 0 radical (unpaired) electrons. The summed E-state index contributed by atoms with van der Waals surface area (Å²) in [6.45, 7) is 7.49. The summed E-state index contributed by atoms with van der Waals surface area (Å²) >= 11 is 0. The number of hydrogen-bond donors (Lipinski definition) is 1. The fourth-order valence-electron chi connectivity index (χ4n) is 1.71. The summed E-state index contributed by atoms with van der Waals surface area (Å²) in [4.78, 5) is 8.55. The quantitative estimate of drug-likeness (QED) is 0.839. The minimum absolute atomic E-state index is 0.558. The first-order valence-corrected chi connectivity index (χ1v) is 7.21. The molecule has 1 heterocycles. The maximum absolute atomic E-state index is 5.81. The van der Waals surface area contributed by atoms with Gasteiger partial charge in [0.05, 0.1) is 6.61 Å². The highest BCUT2D eigenvalue weighted by molar-refractivity contribution is 5.37. The first-order valence-electron chi connectivity index (χ1n) is 7.21. The molecule has 1 aromatic heterocycles. The van der Waals surface area contributed by atoms with Crippen LogP contribution in [0.3, 0.4) is 0 Å². The Morgan fingerprint density at radius 3 is 2.48 bits per heavy atom. The zero-order chi connectivity index (χ0) is 15.1. The third kappa shape index (κ3) is 4.34. The molecule has 0 aliphatic carbocycles. The van der Waals surface area contributed by atoms with Gasteiger partial charge in [-0.2, -0.15) is 4.98 Å². The molecule has 0 saturated heterocycles. The van der Waals surface area contributed by atoms with Crippen LogP contribution >= 0.6 is 0 Å². The van der Waals surface area contributed by atoms with Gasteiger partial charge in [0.1, 0.15) is 11.5 Å². The third-order valence-electron chi connectivity index (χ3n) is 2.77. The van der Waals surface area contributed by atoms with E-state index >= 15 is 0 Å². The van der Waals surface area contributed by atoms with Crippen molar-refractivity contribution < 1.29 is 9.47 Å². The van der Waals surface area contributed by atoms with Crippen LogP contribution in [0.15, 0.2) is 30.5 Å². The van der Waals surface area contributed by atoms with Crippen molar-refractivity contribution in [1.82, 2.24) is 9.97 Å². The average Bonchev–Trinajstić information content (AvgIpc) is 2.50. The molecule has 0 unspecified atom stereocenters. The van der Waals surface area contributed by atoms with Crippen LogP contribution in [0.1, 0.15) is 25.8 Å². The molecular formula is C16H21N3O2. The molecular weight excluding hydrogens is 266 g/mol. The zero-order valence-electron chi connectivity index (χ0n) is 12.7. The summed E-state index contributed by atoms with van der Waals surface area (Å²) in [5.41, 5.74) is 0.892. The normalized spacial score (nSPS) is 10.2. The largest absolute Gasteiger partial charge is 0.494 e. The Balaban J connectivity index is 2.08. The number of hydrogen-bond acceptors (Lipinski definition) is 5. The Morgan fingerprint density at radius 2 is 1.81 bits per heavy atom. The van der Waals surface area contributed by atoms with Crippen LogP contribution in [-0.4, -0.2) is 23.1 Å². The van der Waals surface area contributed by atoms with E-state index in [2.05, 4.69) is 22.2 Å². The van der Waals surface area contributed by atoms with E-state index in [-0.39, 0.29) is 0 Å². The van der Waals surface area contributed by atoms with Crippen molar-refractivity contribution in [1.29, 1.82) is 0 Å². The standard InChI is InChI=1S/C16H21N3O2/c1-4-10-20-13-6-8-14(9-7-13)21-15-12(3)11-18-16(19-15)17-5-2/h6-9,11H,4-5,10H2,1-3H3,(H,17,18,19). The topological polar surface area (TPSA) is 56.3 Å². The Bertz CT molecular complexity index is 570. The van der Waals surface area contributed by atoms with Crippen LogP contribution in [0.25, 0.3) is 0 Å². The predicted molar refractivity (Wildman–Crippen MR) is 83.2 cm³/mol. The van der Waals surface area contributed by atoms with E-state index in [9.17, 15) is 0 Å². The van der Waals surface area contributed by atoms with Gasteiger partial charge in [-0.15, -0.1) is 0 Å². The van der Waals surface area contributed by atoms with E-state index < -0.39 is 0 Å². The summed E-state index contributed by atoms with van der Waals surface area (Å²) in [7, 11) is 0. The molecule has 0 aliphatic heterocycles. The maximum atomic E-state index is 5.81. The van der Waals surface area contributed by atoms with Crippen LogP contribution in [0.5, 0.6) is 17.4 Å². The predicted octanol–water partition coefficient (Wildman–Crippen LogP) is 3.80. The summed E-state index contributed by atoms with van der Waals surface area (Å²) in [6.07, 6.45) is 2.74. The molecule has 112 valence electrons. The van der Waals surface area contributed by atoms with Crippen molar-refractivity contribution >= 4 is 5.95 Å². The van der Waals surface area contributed by atoms with Crippen molar-refractivity contribution in [2.75, 3.05) is 18.5 Å². The van der Waals surface area contributed by atoms with Crippen molar-refractivity contribution in [2.45, 2.75) is 27.2 Å². The second-order valence-corrected chi connectivity index (χ2v) is 4.63. The number of anilines is 1. The molecule has 5 nitrogen and oxygen atoms in total. The lowest BCUT2D eigenvalue weighted by molar-refractivity contribution is 0.317. The van der Waals surface area contributed by atoms with E-state index in [1.165, 1.54) is 0 Å². The first-order chi connectivity index (χ1) is 10.2. The SMILES string of the molecule is CCCOc1ccc(Oc2nc(NCC)ncc2C)cc1. The molecule has 0 spiro atoms. The van der Waals surface area contributed by atoms with E-state index in [0.29, 0.717) is 11.8 Å². The van der Waals surface area contributed by atoms with Gasteiger partial charge < -0.3 is 14.8 Å². The number of rotatable bonds is 7. The molecule has 5 heteroatoms. The molecule has 0 aliphatic rings. The number of aryl methyl sites for hydroxylation is 1. The first kappa shape index (κ1) is 15.1. The van der Waals surface area contributed by atoms with E-state index in [1.54, 1.807) is 6.20 Å². The fraction of sp³-hybridized carbons (Fsp3) is 0.375. The Labute approximate surface area is 125 Å². The van der Waals surface area contributed by atoms with Gasteiger partial charge in [0.15, 0.2) is 0 Å². The summed E-state index contributed by atoms with van der Waals surface area (Å²) in [5.74, 6) is 2.70. The van der Waals surface area contributed by atoms with Crippen molar-refractivity contribution in [2.24, 2.45) is 0 Å². The summed E-state index contributed by atoms with van der Waals surface area (Å²) < 4.78 is 11.4. The van der Waals surface area contributed by atoms with Gasteiger partial charge in [-0.25, -0.2) is 4.98 Å². The lowest BCUT2D eigenvalue weighted by Crippen LogP contribution is -2.03. The lowest BCUT2D eigenvalue weighted by atomic mass is 10.3. The van der Waals surface area contributed by atoms with Gasteiger partial charge in [-0.05, 0) is 44.5 Å². The molecule has 0 saturated carbocycles. The van der Waals surface area contributed by atoms with Gasteiger partial charge in [-0.3, -0.25) is 0 Å². The lowest BCUT2D eigenvalue weighted by Gasteiger charge is -2.10. The Kier molecular flexibility index (Phi) is 5.37. The highest BCUT2D eigenvalue weighted by Crippen LogP contribution is 2.25. The van der Waals surface area contributed by atoms with Gasteiger partial charge in [0, 0.05) is 18.3 Å². The van der Waals surface area contributed by atoms with E-state index in [1.807, 2.05) is 38.1 Å². The third-order valence-corrected chi connectivity index (χ3v) is 2.77. The minimum atomic E-state index is 0.558. The van der Waals surface area contributed by atoms with Gasteiger partial charge in [-0.1, -0.05) is 6.92 Å². The molecule has 2 rings (SSSR count). The Morgan fingerprint density at radius 1 is 1.10 bits per heavy atom. The number of aromatic nitrogens is 2. The van der Waals surface area contributed by atoms with Crippen LogP contribution < -0.4 is 14.8 Å². The smallest absolute Gasteiger partial charge is 0.226 e. The molecule has 1 aromatic carbocycles. The van der Waals surface area contributed by atoms with Crippen molar-refractivity contribution in [3.05, 3.63) is 36.0 Å². The highest BCUT2D eigenvalue weighted by Gasteiger charge is 2.06. The van der Waals surface area contributed by atoms with Gasteiger partial charge in [0.25, 0.3) is 0 Å². The molecule has 2 aromatic rings. The van der Waals surface area contributed by atoms with Crippen LogP contribution in [-0.2, 0) is 0 Å². The second-order valence-electron chi connectivity index (χ2n) is 4.63. The average molecular weight is 287 g/mol. The minimum Gasteiger partial charge on any atom is -0.494 e. The molecule has 21 heavy (non-hydrogen) atoms. The van der Waals surface area contributed by atoms with Crippen LogP contribution in [0, 0.1) is 6.92 Å². The number of nitrogens with zero attached hydrogens (tertiary/aromatic N) is 2. The molecule has 0 bridgehead atoms. The van der Waals surface area contributed by atoms with E-state index in [4.69, 9.17) is 9.47 Å². The molecule has 0 atom stereocenters. The molecule has 1 N–H and O–H groups in total. The number of nitrogens with one attached hydrogen (secondary N) is 1. The Hall–Kier alpha value is -2.30. The van der Waals surface area contributed by atoms with Gasteiger partial charge in [0.2, 0.25) is 11.8 Å². The monoisotopic (exact) mass is 287 g/mol. The fourth-order valence-corrected chi connectivity index (χ4v) is 1.71. The second kappa shape index (κ2) is 7.47. The zero-order valence-corrected chi connectivity index (χ0v) is 12.7. The number of ether oxygens (including phenoxy) is 2. The molecule has 0 fully saturated rings. The number of benzene rings is 1. The highest BCUT2D eigenvalue weighted by atomic mass is 16.5. The van der Waals surface area contributed by atoms with E-state index in [0.717, 1.165) is 36.6 Å². The van der Waals surface area contributed by atoms with Gasteiger partial charge >= 0.3 is 0 Å². The van der Waals surface area contributed by atoms with Crippen molar-refractivity contribution in [3.8, 4) is 17.4 Å². The van der Waals surface area contributed by atoms with Crippen LogP contribution in [0.4, 0.5) is 5.95 Å². The molecule has 0 amide bonds. The van der Waals surface area contributed by atoms with Crippen LogP contribution in [0.2, 0.25) is 0 Å².